The molecule has 0 saturated heterocycles. The van der Waals surface area contributed by atoms with Gasteiger partial charge in [-0.15, -0.1) is 0 Å². The topological polar surface area (TPSA) is 38.0 Å². The average molecular weight is 238 g/mol. The molecule has 0 radical (unpaired) electrons. The van der Waals surface area contributed by atoms with Crippen LogP contribution in [-0.4, -0.2) is 18.1 Å². The van der Waals surface area contributed by atoms with Crippen LogP contribution >= 0.6 is 0 Å². The second-order valence-corrected chi connectivity index (χ2v) is 6.50. The molecule has 2 rings (SSSR count). The Morgan fingerprint density at radius 1 is 1.00 bits per heavy atom. The molecule has 2 heteroatoms. The molecule has 2 unspecified atom stereocenters. The Hall–Kier alpha value is -0.0800. The SMILES string of the molecule is CC1CCCC(CN)(NC2CCCCC2)CC1. The minimum absolute atomic E-state index is 0.271. The van der Waals surface area contributed by atoms with Crippen molar-refractivity contribution in [3.05, 3.63) is 0 Å². The van der Waals surface area contributed by atoms with Crippen LogP contribution in [0.3, 0.4) is 0 Å². The zero-order chi connectivity index (χ0) is 12.1. The molecule has 2 atom stereocenters. The maximum atomic E-state index is 6.11. The summed E-state index contributed by atoms with van der Waals surface area (Å²) < 4.78 is 0. The van der Waals surface area contributed by atoms with Crippen LogP contribution in [0.15, 0.2) is 0 Å². The highest BCUT2D eigenvalue weighted by Crippen LogP contribution is 2.31. The summed E-state index contributed by atoms with van der Waals surface area (Å²) in [5.41, 5.74) is 6.38. The summed E-state index contributed by atoms with van der Waals surface area (Å²) in [7, 11) is 0. The molecular formula is C15H30N2. The summed E-state index contributed by atoms with van der Waals surface area (Å²) in [6, 6.07) is 0.751. The van der Waals surface area contributed by atoms with E-state index < -0.39 is 0 Å². The first kappa shape index (κ1) is 13.4. The Bertz CT molecular complexity index is 223. The van der Waals surface area contributed by atoms with E-state index in [1.54, 1.807) is 0 Å². The van der Waals surface area contributed by atoms with E-state index in [2.05, 4.69) is 12.2 Å². The lowest BCUT2D eigenvalue weighted by molar-refractivity contribution is 0.226. The van der Waals surface area contributed by atoms with Crippen LogP contribution in [0.4, 0.5) is 0 Å². The van der Waals surface area contributed by atoms with Crippen molar-refractivity contribution in [3.63, 3.8) is 0 Å². The van der Waals surface area contributed by atoms with Gasteiger partial charge in [0.1, 0.15) is 0 Å². The van der Waals surface area contributed by atoms with Gasteiger partial charge in [-0.2, -0.15) is 0 Å². The molecule has 0 spiro atoms. The van der Waals surface area contributed by atoms with Crippen molar-refractivity contribution in [1.29, 1.82) is 0 Å². The number of nitrogens with one attached hydrogen (secondary N) is 1. The molecule has 0 aliphatic heterocycles. The van der Waals surface area contributed by atoms with Gasteiger partial charge in [-0.25, -0.2) is 0 Å². The van der Waals surface area contributed by atoms with E-state index >= 15 is 0 Å². The van der Waals surface area contributed by atoms with Gasteiger partial charge in [0.2, 0.25) is 0 Å². The van der Waals surface area contributed by atoms with Crippen LogP contribution in [0.5, 0.6) is 0 Å². The molecule has 2 fully saturated rings. The minimum Gasteiger partial charge on any atom is -0.329 e. The molecule has 3 N–H and O–H groups in total. The maximum Gasteiger partial charge on any atom is 0.0306 e. The molecule has 2 saturated carbocycles. The second-order valence-electron chi connectivity index (χ2n) is 6.50. The number of hydrogen-bond acceptors (Lipinski definition) is 2. The molecule has 2 nitrogen and oxygen atoms in total. The highest BCUT2D eigenvalue weighted by atomic mass is 15.0. The smallest absolute Gasteiger partial charge is 0.0306 e. The van der Waals surface area contributed by atoms with Crippen molar-refractivity contribution in [2.24, 2.45) is 11.7 Å². The van der Waals surface area contributed by atoms with Gasteiger partial charge in [0.25, 0.3) is 0 Å². The third-order valence-corrected chi connectivity index (χ3v) is 4.97. The summed E-state index contributed by atoms with van der Waals surface area (Å²) in [5, 5.41) is 3.96. The lowest BCUT2D eigenvalue weighted by atomic mass is 9.86. The number of hydrogen-bond donors (Lipinski definition) is 2. The summed E-state index contributed by atoms with van der Waals surface area (Å²) >= 11 is 0. The van der Waals surface area contributed by atoms with Gasteiger partial charge >= 0.3 is 0 Å². The molecule has 100 valence electrons. The Kier molecular flexibility index (Phi) is 4.87. The number of rotatable bonds is 3. The molecule has 2 aliphatic rings. The molecule has 2 aliphatic carbocycles. The van der Waals surface area contributed by atoms with Gasteiger partial charge in [-0.1, -0.05) is 39.0 Å². The predicted octanol–water partition coefficient (Wildman–Crippen LogP) is 3.21. The van der Waals surface area contributed by atoms with Crippen molar-refractivity contribution >= 4 is 0 Å². The highest BCUT2D eigenvalue weighted by Gasteiger charge is 2.33. The summed E-state index contributed by atoms with van der Waals surface area (Å²) in [6.07, 6.45) is 13.7. The van der Waals surface area contributed by atoms with Crippen molar-refractivity contribution in [1.82, 2.24) is 5.32 Å². The van der Waals surface area contributed by atoms with Crippen molar-refractivity contribution < 1.29 is 0 Å². The minimum atomic E-state index is 0.271. The van der Waals surface area contributed by atoms with Gasteiger partial charge in [0, 0.05) is 18.1 Å². The first-order valence-corrected chi connectivity index (χ1v) is 7.72. The molecular weight excluding hydrogens is 208 g/mol. The van der Waals surface area contributed by atoms with E-state index in [0.29, 0.717) is 0 Å². The van der Waals surface area contributed by atoms with E-state index in [-0.39, 0.29) is 5.54 Å². The van der Waals surface area contributed by atoms with Crippen LogP contribution in [0.1, 0.15) is 71.1 Å². The van der Waals surface area contributed by atoms with Crippen LogP contribution in [0.25, 0.3) is 0 Å². The molecule has 0 aromatic carbocycles. The Labute approximate surface area is 107 Å². The largest absolute Gasteiger partial charge is 0.329 e. The van der Waals surface area contributed by atoms with E-state index in [1.165, 1.54) is 64.2 Å². The van der Waals surface area contributed by atoms with Crippen LogP contribution < -0.4 is 11.1 Å². The van der Waals surface area contributed by atoms with Gasteiger partial charge < -0.3 is 11.1 Å². The maximum absolute atomic E-state index is 6.11. The average Bonchev–Trinajstić information content (AvgIpc) is 2.54. The van der Waals surface area contributed by atoms with Crippen LogP contribution in [-0.2, 0) is 0 Å². The highest BCUT2D eigenvalue weighted by molar-refractivity contribution is 4.94. The van der Waals surface area contributed by atoms with Gasteiger partial charge in [0.15, 0.2) is 0 Å². The van der Waals surface area contributed by atoms with Crippen molar-refractivity contribution in [2.75, 3.05) is 6.54 Å². The van der Waals surface area contributed by atoms with Gasteiger partial charge in [0.05, 0.1) is 0 Å². The van der Waals surface area contributed by atoms with Crippen LogP contribution in [0.2, 0.25) is 0 Å². The standard InChI is InChI=1S/C15H30N2/c1-13-6-5-10-15(12-16,11-9-13)17-14-7-3-2-4-8-14/h13-14,17H,2-12,16H2,1H3. The van der Waals surface area contributed by atoms with Gasteiger partial charge in [-0.05, 0) is 38.0 Å². The monoisotopic (exact) mass is 238 g/mol. The molecule has 0 heterocycles. The predicted molar refractivity (Wildman–Crippen MR) is 74.0 cm³/mol. The zero-order valence-corrected chi connectivity index (χ0v) is 11.5. The van der Waals surface area contributed by atoms with E-state index in [0.717, 1.165) is 18.5 Å². The Balaban J connectivity index is 1.92. The first-order chi connectivity index (χ1) is 8.24. The second kappa shape index (κ2) is 6.19. The Morgan fingerprint density at radius 3 is 2.47 bits per heavy atom. The van der Waals surface area contributed by atoms with E-state index in [1.807, 2.05) is 0 Å². The molecule has 17 heavy (non-hydrogen) atoms. The summed E-state index contributed by atoms with van der Waals surface area (Å²) in [6.45, 7) is 3.23. The number of nitrogens with two attached hydrogens (primary N) is 1. The van der Waals surface area contributed by atoms with Gasteiger partial charge in [-0.3, -0.25) is 0 Å². The van der Waals surface area contributed by atoms with Crippen LogP contribution in [0, 0.1) is 5.92 Å². The molecule has 0 amide bonds. The third-order valence-electron chi connectivity index (χ3n) is 4.97. The van der Waals surface area contributed by atoms with Crippen molar-refractivity contribution in [3.8, 4) is 0 Å². The normalized spacial score (nSPS) is 36.7. The Morgan fingerprint density at radius 2 is 1.76 bits per heavy atom. The lowest BCUT2D eigenvalue weighted by Crippen LogP contribution is -2.55. The van der Waals surface area contributed by atoms with Crippen molar-refractivity contribution in [2.45, 2.75) is 82.7 Å². The fourth-order valence-corrected chi connectivity index (χ4v) is 3.67. The molecule has 0 aromatic rings. The molecule has 0 bridgehead atoms. The van der Waals surface area contributed by atoms with E-state index in [9.17, 15) is 0 Å². The fourth-order valence-electron chi connectivity index (χ4n) is 3.67. The fraction of sp³-hybridized carbons (Fsp3) is 1.00. The first-order valence-electron chi connectivity index (χ1n) is 7.72. The summed E-state index contributed by atoms with van der Waals surface area (Å²) in [4.78, 5) is 0. The lowest BCUT2D eigenvalue weighted by Gasteiger charge is -2.38. The molecule has 0 aromatic heterocycles. The third kappa shape index (κ3) is 3.69. The summed E-state index contributed by atoms with van der Waals surface area (Å²) in [5.74, 6) is 0.900. The zero-order valence-electron chi connectivity index (χ0n) is 11.5. The van der Waals surface area contributed by atoms with E-state index in [4.69, 9.17) is 5.73 Å². The quantitative estimate of drug-likeness (QED) is 0.741.